The molecule has 1 aliphatic rings. The average Bonchev–Trinajstić information content (AvgIpc) is 2.98. The zero-order valence-electron chi connectivity index (χ0n) is 25.4. The van der Waals surface area contributed by atoms with Gasteiger partial charge in [0.15, 0.2) is 0 Å². The molecule has 0 bridgehead atoms. The fraction of sp³-hybridized carbons (Fsp3) is 0.500. The summed E-state index contributed by atoms with van der Waals surface area (Å²) in [6.45, 7) is 6.18. The van der Waals surface area contributed by atoms with Crippen LogP contribution in [0.25, 0.3) is 6.08 Å². The molecule has 4 N–H and O–H groups in total. The lowest BCUT2D eigenvalue weighted by molar-refractivity contribution is -0.140. The minimum Gasteiger partial charge on any atom is -0.462 e. The van der Waals surface area contributed by atoms with Gasteiger partial charge in [-0.1, -0.05) is 63.7 Å². The predicted octanol–water partition coefficient (Wildman–Crippen LogP) is 8.62. The second kappa shape index (κ2) is 18.1. The lowest BCUT2D eigenvalue weighted by Crippen LogP contribution is -2.25. The van der Waals surface area contributed by atoms with Gasteiger partial charge in [0.25, 0.3) is 0 Å². The van der Waals surface area contributed by atoms with Gasteiger partial charge in [0.2, 0.25) is 0 Å². The lowest BCUT2D eigenvalue weighted by atomic mass is 9.80. The zero-order valence-corrected chi connectivity index (χ0v) is 25.4. The molecule has 3 rings (SSSR count). The number of hydrogen-bond donors (Lipinski definition) is 2. The number of hydrogen-bond acceptors (Lipinski definition) is 6. The second-order valence-corrected chi connectivity index (χ2v) is 11.7. The van der Waals surface area contributed by atoms with E-state index >= 15 is 0 Å². The topological polar surface area (TPSA) is 105 Å². The van der Waals surface area contributed by atoms with Gasteiger partial charge in [-0.05, 0) is 98.4 Å². The Balaban J connectivity index is 1.40. The van der Waals surface area contributed by atoms with E-state index in [2.05, 4.69) is 13.5 Å². The number of ether oxygens (including phenoxy) is 2. The van der Waals surface area contributed by atoms with Gasteiger partial charge >= 0.3 is 11.9 Å². The minimum atomic E-state index is -0.410. The number of nitrogens with two attached hydrogens (primary N) is 2. The van der Waals surface area contributed by atoms with Crippen LogP contribution in [-0.4, -0.2) is 18.5 Å². The van der Waals surface area contributed by atoms with Crippen LogP contribution in [0.2, 0.25) is 0 Å². The van der Waals surface area contributed by atoms with Crippen molar-refractivity contribution in [2.45, 2.75) is 96.3 Å². The normalized spacial score (nSPS) is 17.5. The Bertz CT molecular complexity index is 1130. The van der Waals surface area contributed by atoms with Crippen LogP contribution in [-0.2, 0) is 14.3 Å². The van der Waals surface area contributed by atoms with Gasteiger partial charge in [-0.2, -0.15) is 0 Å². The summed E-state index contributed by atoms with van der Waals surface area (Å²) in [6.07, 6.45) is 19.6. The van der Waals surface area contributed by atoms with Gasteiger partial charge < -0.3 is 20.9 Å². The third kappa shape index (κ3) is 11.8. The molecule has 0 amide bonds. The van der Waals surface area contributed by atoms with E-state index in [1.165, 1.54) is 38.2 Å². The molecule has 0 heterocycles. The van der Waals surface area contributed by atoms with E-state index in [0.717, 1.165) is 68.4 Å². The van der Waals surface area contributed by atoms with Crippen LogP contribution >= 0.6 is 0 Å². The lowest BCUT2D eigenvalue weighted by Gasteiger charge is -2.27. The molecule has 1 saturated carbocycles. The largest absolute Gasteiger partial charge is 0.462 e. The smallest absolute Gasteiger partial charge is 0.330 e. The Hall–Kier alpha value is -3.54. The molecule has 42 heavy (non-hydrogen) atoms. The van der Waals surface area contributed by atoms with Crippen LogP contribution in [0.4, 0.5) is 11.4 Å². The molecular weight excluding hydrogens is 524 g/mol. The van der Waals surface area contributed by atoms with E-state index in [9.17, 15) is 9.59 Å². The standard InChI is InChI=1S/C36H50N2O4/c1-3-5-7-8-9-10-11-27-13-18-29(19-14-27)36(40)42-34-20-15-28(16-21-34)17-22-35(39)41-26-30(12-6-4-2)31-23-32(37)25-33(38)24-31/h3,15-17,20-25,27,29-30H,1,4-14,18-19,26,37-38H2,2H3/b22-17+. The summed E-state index contributed by atoms with van der Waals surface area (Å²) in [5.74, 6) is 0.741. The Labute approximate surface area is 252 Å². The molecule has 1 fully saturated rings. The first-order chi connectivity index (χ1) is 20.4. The first-order valence-corrected chi connectivity index (χ1v) is 15.8. The number of carbonyl (C=O) groups excluding carboxylic acids is 2. The molecule has 0 spiro atoms. The van der Waals surface area contributed by atoms with Gasteiger partial charge in [0.1, 0.15) is 5.75 Å². The number of rotatable bonds is 17. The summed E-state index contributed by atoms with van der Waals surface area (Å²) in [5, 5.41) is 0. The van der Waals surface area contributed by atoms with Crippen LogP contribution in [0.5, 0.6) is 5.75 Å². The van der Waals surface area contributed by atoms with E-state index < -0.39 is 5.97 Å². The Kier molecular flexibility index (Phi) is 14.2. The van der Waals surface area contributed by atoms with E-state index in [0.29, 0.717) is 17.1 Å². The maximum atomic E-state index is 12.7. The molecule has 228 valence electrons. The highest BCUT2D eigenvalue weighted by molar-refractivity contribution is 5.87. The Morgan fingerprint density at radius 2 is 1.64 bits per heavy atom. The first-order valence-electron chi connectivity index (χ1n) is 15.8. The fourth-order valence-corrected chi connectivity index (χ4v) is 5.74. The molecule has 0 aliphatic heterocycles. The Morgan fingerprint density at radius 1 is 0.952 bits per heavy atom. The third-order valence-electron chi connectivity index (χ3n) is 8.27. The summed E-state index contributed by atoms with van der Waals surface area (Å²) >= 11 is 0. The molecule has 1 unspecified atom stereocenters. The van der Waals surface area contributed by atoms with Crippen LogP contribution in [0.3, 0.4) is 0 Å². The molecule has 1 aliphatic carbocycles. The van der Waals surface area contributed by atoms with E-state index in [-0.39, 0.29) is 24.4 Å². The van der Waals surface area contributed by atoms with Crippen LogP contribution in [0, 0.1) is 11.8 Å². The monoisotopic (exact) mass is 574 g/mol. The highest BCUT2D eigenvalue weighted by atomic mass is 16.5. The summed E-state index contributed by atoms with van der Waals surface area (Å²) in [7, 11) is 0. The van der Waals surface area contributed by atoms with Crippen molar-refractivity contribution in [1.29, 1.82) is 0 Å². The molecule has 0 saturated heterocycles. The number of benzene rings is 2. The molecular formula is C36H50N2O4. The molecule has 1 atom stereocenters. The third-order valence-corrected chi connectivity index (χ3v) is 8.27. The summed E-state index contributed by atoms with van der Waals surface area (Å²) in [5.41, 5.74) is 15.0. The van der Waals surface area contributed by atoms with Crippen LogP contribution in [0.15, 0.2) is 61.2 Å². The van der Waals surface area contributed by atoms with Crippen LogP contribution < -0.4 is 16.2 Å². The van der Waals surface area contributed by atoms with Gasteiger partial charge in [0.05, 0.1) is 12.5 Å². The van der Waals surface area contributed by atoms with E-state index in [4.69, 9.17) is 20.9 Å². The first kappa shape index (κ1) is 33.0. The SMILES string of the molecule is C=CCCCCCCC1CCC(C(=O)Oc2ccc(/C=C/C(=O)OCC(CCCC)c3cc(N)cc(N)c3)cc2)CC1. The molecule has 2 aromatic carbocycles. The van der Waals surface area contributed by atoms with E-state index in [1.54, 1.807) is 24.3 Å². The quantitative estimate of drug-likeness (QED) is 0.0489. The molecule has 6 nitrogen and oxygen atoms in total. The van der Waals surface area contributed by atoms with Gasteiger partial charge in [0, 0.05) is 23.4 Å². The average molecular weight is 575 g/mol. The summed E-state index contributed by atoms with van der Waals surface area (Å²) in [4.78, 5) is 25.2. The van der Waals surface area contributed by atoms with Crippen molar-refractivity contribution in [2.75, 3.05) is 18.1 Å². The predicted molar refractivity (Wildman–Crippen MR) is 173 cm³/mol. The number of carbonyl (C=O) groups is 2. The number of anilines is 2. The van der Waals surface area contributed by atoms with Crippen molar-refractivity contribution in [3.05, 3.63) is 72.3 Å². The minimum absolute atomic E-state index is 0.0203. The number of esters is 2. The molecule has 0 aromatic heterocycles. The van der Waals surface area contributed by atoms with Crippen molar-refractivity contribution in [3.8, 4) is 5.75 Å². The van der Waals surface area contributed by atoms with Gasteiger partial charge in [-0.15, -0.1) is 6.58 Å². The van der Waals surface area contributed by atoms with Gasteiger partial charge in [-0.25, -0.2) is 4.79 Å². The van der Waals surface area contributed by atoms with Crippen LogP contribution in [0.1, 0.15) is 107 Å². The summed E-state index contributed by atoms with van der Waals surface area (Å²) < 4.78 is 11.3. The van der Waals surface area contributed by atoms with Gasteiger partial charge in [-0.3, -0.25) is 4.79 Å². The van der Waals surface area contributed by atoms with Crippen molar-refractivity contribution in [3.63, 3.8) is 0 Å². The zero-order chi connectivity index (χ0) is 30.2. The number of unbranched alkanes of at least 4 members (excludes halogenated alkanes) is 5. The fourth-order valence-electron chi connectivity index (χ4n) is 5.74. The molecule has 2 aromatic rings. The highest BCUT2D eigenvalue weighted by Gasteiger charge is 2.27. The van der Waals surface area contributed by atoms with Crippen molar-refractivity contribution in [2.24, 2.45) is 11.8 Å². The maximum Gasteiger partial charge on any atom is 0.330 e. The Morgan fingerprint density at radius 3 is 2.31 bits per heavy atom. The van der Waals surface area contributed by atoms with Crippen molar-refractivity contribution in [1.82, 2.24) is 0 Å². The maximum absolute atomic E-state index is 12.7. The molecule has 0 radical (unpaired) electrons. The second-order valence-electron chi connectivity index (χ2n) is 11.7. The van der Waals surface area contributed by atoms with Crippen molar-refractivity contribution < 1.29 is 19.1 Å². The van der Waals surface area contributed by atoms with Crippen molar-refractivity contribution >= 4 is 29.4 Å². The summed E-state index contributed by atoms with van der Waals surface area (Å²) in [6, 6.07) is 12.7. The molecule has 6 heteroatoms. The number of nitrogen functional groups attached to an aromatic ring is 2. The van der Waals surface area contributed by atoms with E-state index in [1.807, 2.05) is 30.3 Å². The highest BCUT2D eigenvalue weighted by Crippen LogP contribution is 2.33. The number of allylic oxidation sites excluding steroid dienone is 1.